The van der Waals surface area contributed by atoms with E-state index in [1.165, 1.54) is 4.90 Å². The standard InChI is InChI=1S/C18H15Cl2N3O2/c1-23-16(17(24)22-18(23)21)8-11-2-6-14(7-3-11)25-10-12-4-5-13(19)9-15(12)20/h2-9H,10H2,1H3,(H2,21,22,24)/b16-8+. The topological polar surface area (TPSA) is 65.4 Å². The fraction of sp³-hybridized carbons (Fsp3) is 0.111. The van der Waals surface area contributed by atoms with E-state index < -0.39 is 0 Å². The third-order valence-corrected chi connectivity index (χ3v) is 4.34. The molecule has 1 heterocycles. The van der Waals surface area contributed by atoms with Crippen LogP contribution in [-0.2, 0) is 11.4 Å². The summed E-state index contributed by atoms with van der Waals surface area (Å²) in [7, 11) is 1.67. The Hall–Kier alpha value is -2.50. The third-order valence-electron chi connectivity index (χ3n) is 3.75. The number of halogens is 2. The second-order valence-corrected chi connectivity index (χ2v) is 6.33. The van der Waals surface area contributed by atoms with Crippen LogP contribution in [0.3, 0.4) is 0 Å². The van der Waals surface area contributed by atoms with Crippen LogP contribution in [0.1, 0.15) is 11.1 Å². The van der Waals surface area contributed by atoms with Crippen LogP contribution >= 0.6 is 23.2 Å². The fourth-order valence-electron chi connectivity index (χ4n) is 2.31. The molecular formula is C18H15Cl2N3O2. The molecule has 1 aliphatic rings. The first-order valence-corrected chi connectivity index (χ1v) is 8.22. The van der Waals surface area contributed by atoms with Gasteiger partial charge in [0.05, 0.1) is 0 Å². The highest BCUT2D eigenvalue weighted by molar-refractivity contribution is 6.35. The SMILES string of the molecule is CN1C(=N)NC(=O)/C1=C\c1ccc(OCc2ccc(Cl)cc2Cl)cc1. The van der Waals surface area contributed by atoms with Gasteiger partial charge in [-0.2, -0.15) is 0 Å². The number of benzene rings is 2. The molecule has 0 aromatic heterocycles. The van der Waals surface area contributed by atoms with Gasteiger partial charge in [0.25, 0.3) is 5.91 Å². The molecule has 1 saturated heterocycles. The Morgan fingerprint density at radius 3 is 2.52 bits per heavy atom. The summed E-state index contributed by atoms with van der Waals surface area (Å²) in [4.78, 5) is 13.3. The van der Waals surface area contributed by atoms with Crippen LogP contribution in [0.4, 0.5) is 0 Å². The van der Waals surface area contributed by atoms with E-state index in [1.807, 2.05) is 30.3 Å². The van der Waals surface area contributed by atoms with E-state index in [0.29, 0.717) is 28.1 Å². The van der Waals surface area contributed by atoms with Gasteiger partial charge in [0.15, 0.2) is 0 Å². The van der Waals surface area contributed by atoms with Crippen LogP contribution in [0.5, 0.6) is 5.75 Å². The second-order valence-electron chi connectivity index (χ2n) is 5.48. The minimum atomic E-state index is -0.287. The number of amides is 1. The number of ether oxygens (including phenoxy) is 1. The Kier molecular flexibility index (Phi) is 4.97. The summed E-state index contributed by atoms with van der Waals surface area (Å²) >= 11 is 12.0. The molecule has 0 saturated carbocycles. The maximum atomic E-state index is 11.8. The van der Waals surface area contributed by atoms with Gasteiger partial charge in [0, 0.05) is 22.7 Å². The summed E-state index contributed by atoms with van der Waals surface area (Å²) < 4.78 is 5.72. The first-order chi connectivity index (χ1) is 11.9. The monoisotopic (exact) mass is 375 g/mol. The number of hydrogen-bond donors (Lipinski definition) is 2. The predicted molar refractivity (Wildman–Crippen MR) is 98.8 cm³/mol. The first-order valence-electron chi connectivity index (χ1n) is 7.46. The van der Waals surface area contributed by atoms with Crippen molar-refractivity contribution >= 4 is 41.1 Å². The number of likely N-dealkylation sites (N-methyl/N-ethyl adjacent to an activating group) is 1. The summed E-state index contributed by atoms with van der Waals surface area (Å²) in [6, 6.07) is 12.6. The molecule has 7 heteroatoms. The molecule has 128 valence electrons. The summed E-state index contributed by atoms with van der Waals surface area (Å²) in [6.07, 6.45) is 1.72. The highest BCUT2D eigenvalue weighted by atomic mass is 35.5. The lowest BCUT2D eigenvalue weighted by molar-refractivity contribution is -0.115. The molecule has 1 fully saturated rings. The number of carbonyl (C=O) groups is 1. The van der Waals surface area contributed by atoms with E-state index >= 15 is 0 Å². The molecule has 0 spiro atoms. The zero-order valence-electron chi connectivity index (χ0n) is 13.3. The van der Waals surface area contributed by atoms with Gasteiger partial charge in [-0.15, -0.1) is 0 Å². The van der Waals surface area contributed by atoms with Crippen molar-refractivity contribution in [2.24, 2.45) is 0 Å². The fourth-order valence-corrected chi connectivity index (χ4v) is 2.77. The Bertz CT molecular complexity index is 863. The average molecular weight is 376 g/mol. The molecule has 3 rings (SSSR count). The van der Waals surface area contributed by atoms with Gasteiger partial charge in [0.2, 0.25) is 5.96 Å². The van der Waals surface area contributed by atoms with Crippen molar-refractivity contribution in [3.8, 4) is 5.75 Å². The third kappa shape index (κ3) is 3.95. The quantitative estimate of drug-likeness (QED) is 0.796. The van der Waals surface area contributed by atoms with Crippen LogP contribution in [0.15, 0.2) is 48.2 Å². The molecule has 2 N–H and O–H groups in total. The van der Waals surface area contributed by atoms with Gasteiger partial charge >= 0.3 is 0 Å². The molecule has 1 amide bonds. The molecule has 0 atom stereocenters. The number of nitrogens with one attached hydrogen (secondary N) is 2. The van der Waals surface area contributed by atoms with Crippen molar-refractivity contribution in [3.05, 3.63) is 69.3 Å². The van der Waals surface area contributed by atoms with Crippen molar-refractivity contribution in [2.75, 3.05) is 7.05 Å². The molecular weight excluding hydrogens is 361 g/mol. The Morgan fingerprint density at radius 1 is 1.20 bits per heavy atom. The van der Waals surface area contributed by atoms with Gasteiger partial charge in [-0.3, -0.25) is 15.5 Å². The van der Waals surface area contributed by atoms with Gasteiger partial charge in [-0.1, -0.05) is 41.4 Å². The molecule has 2 aromatic rings. The number of hydrogen-bond acceptors (Lipinski definition) is 3. The highest BCUT2D eigenvalue weighted by Crippen LogP contribution is 2.23. The lowest BCUT2D eigenvalue weighted by Gasteiger charge is -2.10. The summed E-state index contributed by atoms with van der Waals surface area (Å²) in [5.74, 6) is 0.464. The molecule has 25 heavy (non-hydrogen) atoms. The molecule has 0 aliphatic carbocycles. The van der Waals surface area contributed by atoms with Crippen LogP contribution in [0, 0.1) is 5.41 Å². The minimum Gasteiger partial charge on any atom is -0.489 e. The number of carbonyl (C=O) groups excluding carboxylic acids is 1. The average Bonchev–Trinajstić information content (AvgIpc) is 2.82. The maximum Gasteiger partial charge on any atom is 0.274 e. The Labute approximate surface area is 155 Å². The molecule has 0 bridgehead atoms. The molecule has 0 radical (unpaired) electrons. The minimum absolute atomic E-state index is 0.0658. The molecule has 2 aromatic carbocycles. The van der Waals surface area contributed by atoms with Crippen molar-refractivity contribution in [1.29, 1.82) is 5.41 Å². The van der Waals surface area contributed by atoms with Crippen LogP contribution in [-0.4, -0.2) is 23.8 Å². The summed E-state index contributed by atoms with van der Waals surface area (Å²) in [6.45, 7) is 0.332. The van der Waals surface area contributed by atoms with Crippen molar-refractivity contribution < 1.29 is 9.53 Å². The van der Waals surface area contributed by atoms with Crippen LogP contribution in [0.2, 0.25) is 10.0 Å². The summed E-state index contributed by atoms with van der Waals surface area (Å²) in [5, 5.41) is 11.2. The van der Waals surface area contributed by atoms with Crippen molar-refractivity contribution in [3.63, 3.8) is 0 Å². The smallest absolute Gasteiger partial charge is 0.274 e. The normalized spacial score (nSPS) is 15.6. The maximum absolute atomic E-state index is 11.8. The van der Waals surface area contributed by atoms with Gasteiger partial charge in [-0.25, -0.2) is 0 Å². The van der Waals surface area contributed by atoms with E-state index in [1.54, 1.807) is 25.3 Å². The van der Waals surface area contributed by atoms with E-state index in [-0.39, 0.29) is 11.9 Å². The second kappa shape index (κ2) is 7.17. The van der Waals surface area contributed by atoms with Gasteiger partial charge in [-0.05, 0) is 35.9 Å². The van der Waals surface area contributed by atoms with Crippen LogP contribution < -0.4 is 10.1 Å². The van der Waals surface area contributed by atoms with E-state index in [9.17, 15) is 4.79 Å². The predicted octanol–water partition coefficient (Wildman–Crippen LogP) is 3.91. The van der Waals surface area contributed by atoms with Gasteiger partial charge < -0.3 is 9.64 Å². The molecule has 1 aliphatic heterocycles. The first kappa shape index (κ1) is 17.3. The van der Waals surface area contributed by atoms with Crippen molar-refractivity contribution in [1.82, 2.24) is 10.2 Å². The lowest BCUT2D eigenvalue weighted by Crippen LogP contribution is -2.25. The Balaban J connectivity index is 1.68. The van der Waals surface area contributed by atoms with E-state index in [4.69, 9.17) is 33.3 Å². The largest absolute Gasteiger partial charge is 0.489 e. The van der Waals surface area contributed by atoms with Crippen molar-refractivity contribution in [2.45, 2.75) is 6.61 Å². The zero-order chi connectivity index (χ0) is 18.0. The van der Waals surface area contributed by atoms with E-state index in [2.05, 4.69) is 5.32 Å². The van der Waals surface area contributed by atoms with Gasteiger partial charge in [0.1, 0.15) is 18.1 Å². The Morgan fingerprint density at radius 2 is 1.92 bits per heavy atom. The zero-order valence-corrected chi connectivity index (χ0v) is 14.9. The summed E-state index contributed by atoms with van der Waals surface area (Å²) in [5.41, 5.74) is 2.11. The number of guanidine groups is 1. The molecule has 5 nitrogen and oxygen atoms in total. The number of rotatable bonds is 4. The van der Waals surface area contributed by atoms with Crippen LogP contribution in [0.25, 0.3) is 6.08 Å². The van der Waals surface area contributed by atoms with E-state index in [0.717, 1.165) is 11.1 Å². The lowest BCUT2D eigenvalue weighted by atomic mass is 10.2. The highest BCUT2D eigenvalue weighted by Gasteiger charge is 2.26. The number of nitrogens with zero attached hydrogens (tertiary/aromatic N) is 1. The molecule has 0 unspecified atom stereocenters.